The lowest BCUT2D eigenvalue weighted by Gasteiger charge is -2.26. The number of amides is 2. The minimum atomic E-state index is -0.643. The van der Waals surface area contributed by atoms with Crippen molar-refractivity contribution >= 4 is 17.9 Å². The molecule has 8 nitrogen and oxygen atoms in total. The van der Waals surface area contributed by atoms with Crippen LogP contribution in [0.25, 0.3) is 23.0 Å². The Kier molecular flexibility index (Phi) is 6.74. The number of rotatable bonds is 7. The Balaban J connectivity index is 1.64. The van der Waals surface area contributed by atoms with Crippen LogP contribution in [0.1, 0.15) is 25.2 Å². The topological polar surface area (TPSA) is 101 Å². The van der Waals surface area contributed by atoms with Crippen molar-refractivity contribution in [1.82, 2.24) is 14.7 Å². The molecule has 0 saturated heterocycles. The number of hydrogen-bond acceptors (Lipinski definition) is 6. The predicted octanol–water partition coefficient (Wildman–Crippen LogP) is 5.32. The van der Waals surface area contributed by atoms with E-state index in [2.05, 4.69) is 0 Å². The van der Waals surface area contributed by atoms with Crippen molar-refractivity contribution in [3.8, 4) is 28.8 Å². The number of carbonyl (C=O) groups excluding carboxylic acids is 2. The van der Waals surface area contributed by atoms with Crippen LogP contribution in [-0.2, 0) is 16.1 Å². The van der Waals surface area contributed by atoms with Crippen LogP contribution in [0, 0.1) is 11.3 Å². The van der Waals surface area contributed by atoms with Crippen molar-refractivity contribution in [2.24, 2.45) is 0 Å². The molecule has 3 heterocycles. The van der Waals surface area contributed by atoms with E-state index in [0.29, 0.717) is 29.2 Å². The zero-order valence-electron chi connectivity index (χ0n) is 20.9. The Bertz CT molecular complexity index is 1590. The largest absolute Gasteiger partial charge is 0.494 e. The van der Waals surface area contributed by atoms with E-state index in [0.717, 1.165) is 21.9 Å². The molecule has 0 aliphatic carbocycles. The Morgan fingerprint density at radius 3 is 2.45 bits per heavy atom. The summed E-state index contributed by atoms with van der Waals surface area (Å²) < 4.78 is 12.7. The highest BCUT2D eigenvalue weighted by Gasteiger charge is 2.36. The maximum atomic E-state index is 13.6. The first-order chi connectivity index (χ1) is 18.5. The number of imide groups is 1. The minimum absolute atomic E-state index is 0.0739. The van der Waals surface area contributed by atoms with Gasteiger partial charge in [-0.1, -0.05) is 18.2 Å². The van der Waals surface area contributed by atoms with Crippen molar-refractivity contribution in [1.29, 1.82) is 5.26 Å². The molecular formula is C30H24N4O4. The summed E-state index contributed by atoms with van der Waals surface area (Å²) >= 11 is 0. The van der Waals surface area contributed by atoms with Gasteiger partial charge in [-0.3, -0.25) is 14.5 Å². The van der Waals surface area contributed by atoms with Gasteiger partial charge >= 0.3 is 0 Å². The number of ether oxygens (including phenoxy) is 1. The van der Waals surface area contributed by atoms with Gasteiger partial charge in [-0.2, -0.15) is 10.4 Å². The lowest BCUT2D eigenvalue weighted by Crippen LogP contribution is -2.42. The molecule has 4 aromatic rings. The van der Waals surface area contributed by atoms with Gasteiger partial charge in [-0.25, -0.2) is 4.68 Å². The highest BCUT2D eigenvalue weighted by atomic mass is 16.5. The Morgan fingerprint density at radius 2 is 1.79 bits per heavy atom. The van der Waals surface area contributed by atoms with E-state index in [1.54, 1.807) is 29.8 Å². The van der Waals surface area contributed by atoms with Crippen LogP contribution >= 0.6 is 0 Å². The Morgan fingerprint density at radius 1 is 1.03 bits per heavy atom. The quantitative estimate of drug-likeness (QED) is 0.249. The van der Waals surface area contributed by atoms with Crippen LogP contribution in [0.4, 0.5) is 0 Å². The van der Waals surface area contributed by atoms with Gasteiger partial charge in [-0.05, 0) is 74.0 Å². The summed E-state index contributed by atoms with van der Waals surface area (Å²) in [7, 11) is 0. The molecule has 0 bridgehead atoms. The summed E-state index contributed by atoms with van der Waals surface area (Å²) in [4.78, 5) is 27.6. The van der Waals surface area contributed by atoms with Gasteiger partial charge in [0.25, 0.3) is 11.8 Å². The number of furan rings is 1. The van der Waals surface area contributed by atoms with E-state index in [-0.39, 0.29) is 17.7 Å². The number of nitrogens with zero attached hydrogens (tertiary/aromatic N) is 4. The van der Waals surface area contributed by atoms with Crippen molar-refractivity contribution < 1.29 is 18.7 Å². The summed E-state index contributed by atoms with van der Waals surface area (Å²) in [5, 5.41) is 14.6. The molecule has 0 spiro atoms. The standard InChI is InChI=1S/C30H24N4O4/c1-3-37-24-13-11-21(12-14-24)28-22(18-34(32-28)23-8-5-4-6-9-23)16-26-20(2)27(17-31)30(36)33(29(26)35)19-25-10-7-15-38-25/h4-16,18H,3,19H2,1-2H3/b26-16+. The van der Waals surface area contributed by atoms with Crippen molar-refractivity contribution in [3.05, 3.63) is 107 Å². The number of benzene rings is 2. The Hall–Kier alpha value is -5.16. The van der Waals surface area contributed by atoms with Gasteiger partial charge in [0.1, 0.15) is 23.2 Å². The summed E-state index contributed by atoms with van der Waals surface area (Å²) in [6, 6.07) is 22.5. The number of aromatic nitrogens is 2. The molecule has 0 fully saturated rings. The second-order valence-electron chi connectivity index (χ2n) is 8.62. The molecule has 188 valence electrons. The van der Waals surface area contributed by atoms with Crippen molar-refractivity contribution in [2.45, 2.75) is 20.4 Å². The van der Waals surface area contributed by atoms with E-state index in [1.165, 1.54) is 6.26 Å². The molecule has 0 atom stereocenters. The van der Waals surface area contributed by atoms with E-state index < -0.39 is 11.8 Å². The number of hydrogen-bond donors (Lipinski definition) is 0. The first-order valence-corrected chi connectivity index (χ1v) is 12.1. The number of nitriles is 1. The molecular weight excluding hydrogens is 480 g/mol. The zero-order valence-corrected chi connectivity index (χ0v) is 20.9. The van der Waals surface area contributed by atoms with Gasteiger partial charge in [0.2, 0.25) is 0 Å². The van der Waals surface area contributed by atoms with Crippen LogP contribution in [0.5, 0.6) is 5.75 Å². The zero-order chi connectivity index (χ0) is 26.6. The predicted molar refractivity (Wildman–Crippen MR) is 141 cm³/mol. The third-order valence-electron chi connectivity index (χ3n) is 6.22. The molecule has 1 aliphatic rings. The van der Waals surface area contributed by atoms with Gasteiger partial charge in [0.15, 0.2) is 0 Å². The average Bonchev–Trinajstić information content (AvgIpc) is 3.61. The second-order valence-corrected chi connectivity index (χ2v) is 8.62. The molecule has 0 N–H and O–H groups in total. The normalized spacial score (nSPS) is 14.8. The fourth-order valence-electron chi connectivity index (χ4n) is 4.29. The monoisotopic (exact) mass is 504 g/mol. The highest BCUT2D eigenvalue weighted by Crippen LogP contribution is 2.32. The lowest BCUT2D eigenvalue weighted by molar-refractivity contribution is -0.141. The van der Waals surface area contributed by atoms with Gasteiger partial charge < -0.3 is 9.15 Å². The third-order valence-corrected chi connectivity index (χ3v) is 6.22. The van der Waals surface area contributed by atoms with Crippen molar-refractivity contribution in [2.75, 3.05) is 6.61 Å². The number of para-hydroxylation sites is 1. The van der Waals surface area contributed by atoms with E-state index in [1.807, 2.05) is 73.8 Å². The SMILES string of the molecule is CCOc1ccc(-c2nn(-c3ccccc3)cc2/C=C2/C(=O)N(Cc3ccco3)C(=O)C(C#N)=C2C)cc1. The van der Waals surface area contributed by atoms with Crippen LogP contribution in [0.2, 0.25) is 0 Å². The average molecular weight is 505 g/mol. The molecule has 38 heavy (non-hydrogen) atoms. The summed E-state index contributed by atoms with van der Waals surface area (Å²) in [5.74, 6) is 0.0313. The summed E-state index contributed by atoms with van der Waals surface area (Å²) in [6.07, 6.45) is 4.99. The minimum Gasteiger partial charge on any atom is -0.494 e. The fourth-order valence-corrected chi connectivity index (χ4v) is 4.29. The van der Waals surface area contributed by atoms with Crippen molar-refractivity contribution in [3.63, 3.8) is 0 Å². The first-order valence-electron chi connectivity index (χ1n) is 12.1. The molecule has 0 radical (unpaired) electrons. The van der Waals surface area contributed by atoms with Crippen LogP contribution in [0.3, 0.4) is 0 Å². The molecule has 8 heteroatoms. The van der Waals surface area contributed by atoms with Crippen LogP contribution in [-0.4, -0.2) is 33.1 Å². The fraction of sp³-hybridized carbons (Fsp3) is 0.133. The maximum absolute atomic E-state index is 13.6. The Labute approximate surface area is 219 Å². The first kappa shape index (κ1) is 24.5. The van der Waals surface area contributed by atoms with E-state index >= 15 is 0 Å². The van der Waals surface area contributed by atoms with Gasteiger partial charge in [-0.15, -0.1) is 0 Å². The highest BCUT2D eigenvalue weighted by molar-refractivity contribution is 6.19. The third kappa shape index (κ3) is 4.65. The molecule has 0 saturated carbocycles. The number of carbonyl (C=O) groups is 2. The molecule has 5 rings (SSSR count). The smallest absolute Gasteiger partial charge is 0.272 e. The van der Waals surface area contributed by atoms with Crippen LogP contribution in [0.15, 0.2) is 100 Å². The van der Waals surface area contributed by atoms with Gasteiger partial charge in [0, 0.05) is 22.9 Å². The van der Waals surface area contributed by atoms with Gasteiger partial charge in [0.05, 0.1) is 30.8 Å². The summed E-state index contributed by atoms with van der Waals surface area (Å²) in [6.45, 7) is 4.02. The second kappa shape index (κ2) is 10.4. The molecule has 2 aromatic carbocycles. The summed E-state index contributed by atoms with van der Waals surface area (Å²) in [5.41, 5.74) is 3.45. The van der Waals surface area contributed by atoms with Crippen LogP contribution < -0.4 is 4.74 Å². The molecule has 2 aromatic heterocycles. The molecule has 1 aliphatic heterocycles. The molecule has 0 unspecified atom stereocenters. The van der Waals surface area contributed by atoms with E-state index in [9.17, 15) is 14.9 Å². The lowest BCUT2D eigenvalue weighted by atomic mass is 9.93. The maximum Gasteiger partial charge on any atom is 0.272 e. The molecule has 2 amide bonds. The van der Waals surface area contributed by atoms with E-state index in [4.69, 9.17) is 14.3 Å².